The van der Waals surface area contributed by atoms with E-state index in [2.05, 4.69) is 44.2 Å². The average molecular weight is 460 g/mol. The highest BCUT2D eigenvalue weighted by Crippen LogP contribution is 2.20. The molecule has 0 bridgehead atoms. The molecule has 1 aliphatic rings. The van der Waals surface area contributed by atoms with E-state index in [9.17, 15) is 13.2 Å². The first-order valence-electron chi connectivity index (χ1n) is 7.76. The highest BCUT2D eigenvalue weighted by molar-refractivity contribution is 14.0. The van der Waals surface area contributed by atoms with Gasteiger partial charge in [0.1, 0.15) is 11.6 Å². The SMILES string of the molecule is CN=C(NCCC(F)(F)F)NC1CCc2nnc(C(C)C)n2C1.I. The van der Waals surface area contributed by atoms with Crippen LogP contribution < -0.4 is 10.6 Å². The number of aromatic nitrogens is 3. The van der Waals surface area contributed by atoms with E-state index in [1.165, 1.54) is 0 Å². The van der Waals surface area contributed by atoms with Gasteiger partial charge in [0.2, 0.25) is 0 Å². The lowest BCUT2D eigenvalue weighted by atomic mass is 10.1. The molecule has 1 aliphatic heterocycles. The van der Waals surface area contributed by atoms with Crippen LogP contribution in [0.25, 0.3) is 0 Å². The molecule has 1 aromatic heterocycles. The Morgan fingerprint density at radius 3 is 2.67 bits per heavy atom. The van der Waals surface area contributed by atoms with Gasteiger partial charge in [0.25, 0.3) is 0 Å². The van der Waals surface area contributed by atoms with Crippen molar-refractivity contribution < 1.29 is 13.2 Å². The number of rotatable bonds is 4. The van der Waals surface area contributed by atoms with Crippen molar-refractivity contribution in [3.05, 3.63) is 11.6 Å². The Hall–Kier alpha value is -1.07. The largest absolute Gasteiger partial charge is 0.390 e. The molecule has 0 aromatic carbocycles. The fourth-order valence-corrected chi connectivity index (χ4v) is 2.60. The number of aliphatic imine (C=N–C) groups is 1. The Balaban J connectivity index is 0.00000288. The first-order chi connectivity index (χ1) is 10.8. The maximum atomic E-state index is 12.2. The number of nitrogens with one attached hydrogen (secondary N) is 2. The lowest BCUT2D eigenvalue weighted by Gasteiger charge is -2.27. The number of hydrogen-bond donors (Lipinski definition) is 2. The van der Waals surface area contributed by atoms with Crippen LogP contribution >= 0.6 is 24.0 Å². The molecule has 0 fully saturated rings. The van der Waals surface area contributed by atoms with Crippen LogP contribution in [0.2, 0.25) is 0 Å². The Labute approximate surface area is 156 Å². The van der Waals surface area contributed by atoms with E-state index < -0.39 is 12.6 Å². The van der Waals surface area contributed by atoms with Gasteiger partial charge in [-0.15, -0.1) is 34.2 Å². The Kier molecular flexibility index (Phi) is 7.74. The zero-order valence-corrected chi connectivity index (χ0v) is 16.4. The van der Waals surface area contributed by atoms with Crippen LogP contribution in [0.15, 0.2) is 4.99 Å². The fraction of sp³-hybridized carbons (Fsp3) is 0.786. The number of guanidine groups is 1. The number of halogens is 4. The standard InChI is InChI=1S/C14H23F3N6.HI/c1-9(2)12-22-21-11-5-4-10(8-23(11)12)20-13(18-3)19-7-6-14(15,16)17;/h9-10H,4-8H2,1-3H3,(H2,18,19,20);1H. The Morgan fingerprint density at radius 2 is 2.08 bits per heavy atom. The van der Waals surface area contributed by atoms with E-state index in [4.69, 9.17) is 0 Å². The van der Waals surface area contributed by atoms with Gasteiger partial charge in [-0.1, -0.05) is 13.8 Å². The van der Waals surface area contributed by atoms with Crippen LogP contribution in [0.1, 0.15) is 44.3 Å². The van der Waals surface area contributed by atoms with Gasteiger partial charge < -0.3 is 15.2 Å². The van der Waals surface area contributed by atoms with Gasteiger partial charge in [0, 0.05) is 38.5 Å². The van der Waals surface area contributed by atoms with Crippen molar-refractivity contribution in [2.24, 2.45) is 4.99 Å². The number of aryl methyl sites for hydroxylation is 1. The van der Waals surface area contributed by atoms with E-state index in [1.807, 2.05) is 0 Å². The van der Waals surface area contributed by atoms with Gasteiger partial charge in [-0.25, -0.2) is 0 Å². The average Bonchev–Trinajstić information content (AvgIpc) is 2.88. The minimum Gasteiger partial charge on any atom is -0.356 e. The molecule has 138 valence electrons. The molecule has 0 saturated carbocycles. The second-order valence-electron chi connectivity index (χ2n) is 5.98. The number of fused-ring (bicyclic) bond motifs is 1. The van der Waals surface area contributed by atoms with Crippen LogP contribution in [0.5, 0.6) is 0 Å². The highest BCUT2D eigenvalue weighted by atomic mass is 127. The predicted octanol–water partition coefficient (Wildman–Crippen LogP) is 2.45. The number of hydrogen-bond acceptors (Lipinski definition) is 3. The van der Waals surface area contributed by atoms with E-state index in [1.54, 1.807) is 7.05 Å². The van der Waals surface area contributed by atoms with E-state index in [0.29, 0.717) is 12.5 Å². The molecule has 1 unspecified atom stereocenters. The maximum Gasteiger partial charge on any atom is 0.390 e. The zero-order valence-electron chi connectivity index (χ0n) is 14.0. The van der Waals surface area contributed by atoms with Crippen molar-refractivity contribution in [3.8, 4) is 0 Å². The third-order valence-corrected chi connectivity index (χ3v) is 3.76. The van der Waals surface area contributed by atoms with Gasteiger partial charge in [-0.05, 0) is 6.42 Å². The summed E-state index contributed by atoms with van der Waals surface area (Å²) >= 11 is 0. The van der Waals surface area contributed by atoms with Gasteiger partial charge in [0.15, 0.2) is 5.96 Å². The molecule has 2 rings (SSSR count). The summed E-state index contributed by atoms with van der Waals surface area (Å²) < 4.78 is 38.7. The van der Waals surface area contributed by atoms with Crippen molar-refractivity contribution in [1.29, 1.82) is 0 Å². The molecule has 6 nitrogen and oxygen atoms in total. The summed E-state index contributed by atoms with van der Waals surface area (Å²) in [7, 11) is 1.55. The summed E-state index contributed by atoms with van der Waals surface area (Å²) in [6, 6.07) is 0.0908. The van der Waals surface area contributed by atoms with Gasteiger partial charge in [0.05, 0.1) is 6.42 Å². The lowest BCUT2D eigenvalue weighted by Crippen LogP contribution is -2.47. The quantitative estimate of drug-likeness (QED) is 0.412. The molecular formula is C14H24F3IN6. The maximum absolute atomic E-state index is 12.2. The summed E-state index contributed by atoms with van der Waals surface area (Å²) in [6.07, 6.45) is -3.42. The topological polar surface area (TPSA) is 67.1 Å². The molecule has 0 saturated heterocycles. The second-order valence-corrected chi connectivity index (χ2v) is 5.98. The minimum absolute atomic E-state index is 0. The molecular weight excluding hydrogens is 436 g/mol. The predicted molar refractivity (Wildman–Crippen MR) is 96.8 cm³/mol. The number of alkyl halides is 3. The van der Waals surface area contributed by atoms with Crippen LogP contribution in [-0.2, 0) is 13.0 Å². The lowest BCUT2D eigenvalue weighted by molar-refractivity contribution is -0.132. The molecule has 2 heterocycles. The molecule has 1 atom stereocenters. The monoisotopic (exact) mass is 460 g/mol. The first kappa shape index (κ1) is 21.0. The van der Waals surface area contributed by atoms with Crippen molar-refractivity contribution in [1.82, 2.24) is 25.4 Å². The summed E-state index contributed by atoms with van der Waals surface area (Å²) in [4.78, 5) is 3.99. The number of nitrogens with zero attached hydrogens (tertiary/aromatic N) is 4. The molecule has 0 amide bonds. The van der Waals surface area contributed by atoms with E-state index in [0.717, 1.165) is 24.5 Å². The van der Waals surface area contributed by atoms with Gasteiger partial charge >= 0.3 is 6.18 Å². The Morgan fingerprint density at radius 1 is 1.38 bits per heavy atom. The third kappa shape index (κ3) is 5.78. The van der Waals surface area contributed by atoms with Gasteiger partial charge in [-0.2, -0.15) is 13.2 Å². The molecule has 2 N–H and O–H groups in total. The van der Waals surface area contributed by atoms with Crippen LogP contribution in [0.4, 0.5) is 13.2 Å². The van der Waals surface area contributed by atoms with Crippen LogP contribution in [-0.4, -0.2) is 46.5 Å². The fourth-order valence-electron chi connectivity index (χ4n) is 2.60. The van der Waals surface area contributed by atoms with Crippen LogP contribution in [0, 0.1) is 0 Å². The third-order valence-electron chi connectivity index (χ3n) is 3.76. The van der Waals surface area contributed by atoms with Crippen molar-refractivity contribution in [2.45, 2.75) is 57.8 Å². The van der Waals surface area contributed by atoms with Crippen molar-refractivity contribution >= 4 is 29.9 Å². The summed E-state index contributed by atoms with van der Waals surface area (Å²) in [5.74, 6) is 2.57. The minimum atomic E-state index is -4.17. The summed E-state index contributed by atoms with van der Waals surface area (Å²) in [5, 5.41) is 14.3. The molecule has 0 aliphatic carbocycles. The second kappa shape index (κ2) is 8.86. The molecule has 24 heavy (non-hydrogen) atoms. The smallest absolute Gasteiger partial charge is 0.356 e. The van der Waals surface area contributed by atoms with Gasteiger partial charge in [-0.3, -0.25) is 4.99 Å². The normalized spacial score (nSPS) is 18.1. The van der Waals surface area contributed by atoms with E-state index in [-0.39, 0.29) is 42.5 Å². The van der Waals surface area contributed by atoms with Crippen molar-refractivity contribution in [3.63, 3.8) is 0 Å². The summed E-state index contributed by atoms with van der Waals surface area (Å²) in [5.41, 5.74) is 0. The molecule has 0 spiro atoms. The first-order valence-corrected chi connectivity index (χ1v) is 7.76. The molecule has 1 aromatic rings. The molecule has 10 heteroatoms. The van der Waals surface area contributed by atoms with E-state index >= 15 is 0 Å². The Bertz CT molecular complexity index is 555. The van der Waals surface area contributed by atoms with Crippen molar-refractivity contribution in [2.75, 3.05) is 13.6 Å². The summed E-state index contributed by atoms with van der Waals surface area (Å²) in [6.45, 7) is 4.62. The zero-order chi connectivity index (χ0) is 17.0. The molecule has 0 radical (unpaired) electrons. The van der Waals surface area contributed by atoms with Crippen LogP contribution in [0.3, 0.4) is 0 Å². The highest BCUT2D eigenvalue weighted by Gasteiger charge is 2.27.